The first-order valence-corrected chi connectivity index (χ1v) is 10.6. The smallest absolute Gasteiger partial charge is 0.273 e. The number of benzene rings is 1. The van der Waals surface area contributed by atoms with Crippen molar-refractivity contribution in [1.82, 2.24) is 9.62 Å². The number of unbranched alkanes of at least 4 members (excludes halogenated alkanes) is 1. The van der Waals surface area contributed by atoms with Crippen molar-refractivity contribution in [2.45, 2.75) is 44.9 Å². The van der Waals surface area contributed by atoms with E-state index in [2.05, 4.69) is 23.5 Å². The van der Waals surface area contributed by atoms with Crippen molar-refractivity contribution in [3.05, 3.63) is 33.9 Å². The zero-order valence-electron chi connectivity index (χ0n) is 15.8. The van der Waals surface area contributed by atoms with Crippen molar-refractivity contribution in [1.29, 1.82) is 0 Å². The van der Waals surface area contributed by atoms with Gasteiger partial charge in [0.15, 0.2) is 0 Å². The van der Waals surface area contributed by atoms with Gasteiger partial charge in [0, 0.05) is 31.3 Å². The summed E-state index contributed by atoms with van der Waals surface area (Å²) in [6, 6.07) is 3.99. The monoisotopic (exact) mass is 383 g/mol. The van der Waals surface area contributed by atoms with Crippen molar-refractivity contribution in [3.8, 4) is 0 Å². The molecule has 0 bridgehead atoms. The standard InChI is InChI=1S/C18H29N3O4S/c1-14-10-15(2)13-20(12-14)9-5-4-8-19-26(24,25)17-7-6-16(3)18(11-17)21(22)23/h6-7,11,14-15,19H,4-5,8-10,12-13H2,1-3H3. The molecular weight excluding hydrogens is 354 g/mol. The lowest BCUT2D eigenvalue weighted by Crippen LogP contribution is -2.39. The van der Waals surface area contributed by atoms with Crippen LogP contribution in [0.3, 0.4) is 0 Å². The van der Waals surface area contributed by atoms with Crippen LogP contribution in [0, 0.1) is 28.9 Å². The van der Waals surface area contributed by atoms with Crippen LogP contribution in [0.4, 0.5) is 5.69 Å². The van der Waals surface area contributed by atoms with Crippen LogP contribution in [0.1, 0.15) is 38.7 Å². The maximum absolute atomic E-state index is 12.3. The van der Waals surface area contributed by atoms with Crippen LogP contribution >= 0.6 is 0 Å². The van der Waals surface area contributed by atoms with E-state index in [0.29, 0.717) is 12.1 Å². The molecule has 0 saturated carbocycles. The van der Waals surface area contributed by atoms with E-state index in [4.69, 9.17) is 0 Å². The normalized spacial score (nSPS) is 21.7. The van der Waals surface area contributed by atoms with Gasteiger partial charge in [-0.15, -0.1) is 0 Å². The molecule has 1 aromatic rings. The van der Waals surface area contributed by atoms with Gasteiger partial charge in [0.05, 0.1) is 9.82 Å². The Morgan fingerprint density at radius 3 is 2.50 bits per heavy atom. The van der Waals surface area contributed by atoms with Crippen molar-refractivity contribution >= 4 is 15.7 Å². The van der Waals surface area contributed by atoms with Gasteiger partial charge in [-0.05, 0) is 50.6 Å². The number of nitro benzene ring substituents is 1. The highest BCUT2D eigenvalue weighted by molar-refractivity contribution is 7.89. The molecule has 146 valence electrons. The molecular formula is C18H29N3O4S. The number of hydrogen-bond acceptors (Lipinski definition) is 5. The Kier molecular flexibility index (Phi) is 7.14. The summed E-state index contributed by atoms with van der Waals surface area (Å²) in [4.78, 5) is 12.8. The molecule has 0 amide bonds. The lowest BCUT2D eigenvalue weighted by atomic mass is 9.92. The number of nitrogens with one attached hydrogen (secondary N) is 1. The quantitative estimate of drug-likeness (QED) is 0.423. The predicted octanol–water partition coefficient (Wildman–Crippen LogP) is 2.94. The molecule has 1 heterocycles. The Morgan fingerprint density at radius 2 is 1.88 bits per heavy atom. The lowest BCUT2D eigenvalue weighted by molar-refractivity contribution is -0.385. The summed E-state index contributed by atoms with van der Waals surface area (Å²) < 4.78 is 27.2. The van der Waals surface area contributed by atoms with Crippen LogP contribution in [-0.2, 0) is 10.0 Å². The summed E-state index contributed by atoms with van der Waals surface area (Å²) in [6.45, 7) is 9.68. The van der Waals surface area contributed by atoms with Crippen LogP contribution < -0.4 is 4.72 Å². The minimum Gasteiger partial charge on any atom is -0.303 e. The highest BCUT2D eigenvalue weighted by Crippen LogP contribution is 2.22. The van der Waals surface area contributed by atoms with E-state index in [-0.39, 0.29) is 10.6 Å². The fourth-order valence-corrected chi connectivity index (χ4v) is 4.77. The topological polar surface area (TPSA) is 92.6 Å². The van der Waals surface area contributed by atoms with E-state index in [0.717, 1.165) is 50.4 Å². The molecule has 1 aliphatic rings. The Labute approximate surface area is 156 Å². The fraction of sp³-hybridized carbons (Fsp3) is 0.667. The molecule has 1 saturated heterocycles. The molecule has 7 nitrogen and oxygen atoms in total. The van der Waals surface area contributed by atoms with Gasteiger partial charge >= 0.3 is 0 Å². The zero-order valence-corrected chi connectivity index (χ0v) is 16.6. The minimum atomic E-state index is -3.72. The first kappa shape index (κ1) is 20.8. The molecule has 26 heavy (non-hydrogen) atoms. The van der Waals surface area contributed by atoms with Crippen molar-refractivity contribution < 1.29 is 13.3 Å². The van der Waals surface area contributed by atoms with Crippen LogP contribution in [0.15, 0.2) is 23.1 Å². The Morgan fingerprint density at radius 1 is 1.23 bits per heavy atom. The van der Waals surface area contributed by atoms with E-state index in [1.54, 1.807) is 6.92 Å². The molecule has 1 N–H and O–H groups in total. The molecule has 1 aliphatic heterocycles. The van der Waals surface area contributed by atoms with E-state index >= 15 is 0 Å². The number of likely N-dealkylation sites (tertiary alicyclic amines) is 1. The number of sulfonamides is 1. The first-order valence-electron chi connectivity index (χ1n) is 9.16. The maximum atomic E-state index is 12.3. The Balaban J connectivity index is 1.81. The van der Waals surface area contributed by atoms with E-state index in [1.807, 2.05) is 0 Å². The number of nitrogens with zero attached hydrogens (tertiary/aromatic N) is 2. The first-order chi connectivity index (χ1) is 12.2. The van der Waals surface area contributed by atoms with E-state index < -0.39 is 14.9 Å². The SMILES string of the molecule is Cc1ccc(S(=O)(=O)NCCCCN2CC(C)CC(C)C2)cc1[N+](=O)[O-]. The van der Waals surface area contributed by atoms with Crippen LogP contribution in [0.5, 0.6) is 0 Å². The molecule has 8 heteroatoms. The zero-order chi connectivity index (χ0) is 19.3. The molecule has 0 radical (unpaired) electrons. The van der Waals surface area contributed by atoms with Gasteiger partial charge in [0.2, 0.25) is 10.0 Å². The van der Waals surface area contributed by atoms with Gasteiger partial charge in [-0.3, -0.25) is 10.1 Å². The number of rotatable bonds is 8. The molecule has 2 unspecified atom stereocenters. The second kappa shape index (κ2) is 8.92. The average Bonchev–Trinajstić information content (AvgIpc) is 2.53. The molecule has 2 rings (SSSR count). The Bertz CT molecular complexity index is 726. The van der Waals surface area contributed by atoms with Gasteiger partial charge < -0.3 is 4.90 Å². The van der Waals surface area contributed by atoms with Crippen molar-refractivity contribution in [2.24, 2.45) is 11.8 Å². The Hall–Kier alpha value is -1.51. The third-order valence-corrected chi connectivity index (χ3v) is 6.28. The second-order valence-corrected chi connectivity index (χ2v) is 9.28. The fourth-order valence-electron chi connectivity index (χ4n) is 3.68. The minimum absolute atomic E-state index is 0.0616. The predicted molar refractivity (Wildman–Crippen MR) is 102 cm³/mol. The highest BCUT2D eigenvalue weighted by atomic mass is 32.2. The third kappa shape index (κ3) is 5.75. The number of hydrogen-bond donors (Lipinski definition) is 1. The molecule has 1 aromatic carbocycles. The number of aryl methyl sites for hydroxylation is 1. The summed E-state index contributed by atoms with van der Waals surface area (Å²) in [7, 11) is -3.72. The van der Waals surface area contributed by atoms with E-state index in [9.17, 15) is 18.5 Å². The average molecular weight is 384 g/mol. The van der Waals surface area contributed by atoms with Crippen molar-refractivity contribution in [2.75, 3.05) is 26.2 Å². The molecule has 0 spiro atoms. The second-order valence-electron chi connectivity index (χ2n) is 7.52. The van der Waals surface area contributed by atoms with Crippen molar-refractivity contribution in [3.63, 3.8) is 0 Å². The lowest BCUT2D eigenvalue weighted by Gasteiger charge is -2.34. The summed E-state index contributed by atoms with van der Waals surface area (Å²) >= 11 is 0. The molecule has 0 aromatic heterocycles. The summed E-state index contributed by atoms with van der Waals surface area (Å²) in [5.74, 6) is 1.43. The number of nitro groups is 1. The van der Waals surface area contributed by atoms with Gasteiger partial charge in [0.1, 0.15) is 0 Å². The third-order valence-electron chi connectivity index (χ3n) is 4.83. The molecule has 1 fully saturated rings. The van der Waals surface area contributed by atoms with E-state index in [1.165, 1.54) is 18.6 Å². The van der Waals surface area contributed by atoms with Crippen LogP contribution in [0.25, 0.3) is 0 Å². The van der Waals surface area contributed by atoms with Gasteiger partial charge in [-0.1, -0.05) is 19.9 Å². The van der Waals surface area contributed by atoms with Crippen LogP contribution in [-0.4, -0.2) is 44.4 Å². The summed E-state index contributed by atoms with van der Waals surface area (Å²) in [5.41, 5.74) is 0.264. The summed E-state index contributed by atoms with van der Waals surface area (Å²) in [5, 5.41) is 11.0. The van der Waals surface area contributed by atoms with Gasteiger partial charge in [0.25, 0.3) is 5.69 Å². The summed E-state index contributed by atoms with van der Waals surface area (Å²) in [6.07, 6.45) is 2.95. The highest BCUT2D eigenvalue weighted by Gasteiger charge is 2.22. The van der Waals surface area contributed by atoms with Gasteiger partial charge in [-0.25, -0.2) is 13.1 Å². The molecule has 0 aliphatic carbocycles. The molecule has 2 atom stereocenters. The van der Waals surface area contributed by atoms with Crippen LogP contribution in [0.2, 0.25) is 0 Å². The number of piperidine rings is 1. The largest absolute Gasteiger partial charge is 0.303 e. The maximum Gasteiger partial charge on any atom is 0.273 e. The van der Waals surface area contributed by atoms with Gasteiger partial charge in [-0.2, -0.15) is 0 Å².